The van der Waals surface area contributed by atoms with Crippen LogP contribution < -0.4 is 5.32 Å². The predicted molar refractivity (Wildman–Crippen MR) is 79.1 cm³/mol. The molecule has 3 nitrogen and oxygen atoms in total. The van der Waals surface area contributed by atoms with Crippen molar-refractivity contribution in [2.75, 3.05) is 6.54 Å². The van der Waals surface area contributed by atoms with Gasteiger partial charge in [0, 0.05) is 6.54 Å². The van der Waals surface area contributed by atoms with Crippen LogP contribution in [0, 0.1) is 11.3 Å². The normalized spacial score (nSPS) is 34.1. The highest BCUT2D eigenvalue weighted by molar-refractivity contribution is 5.92. The first kappa shape index (κ1) is 13.1. The predicted octanol–water partition coefficient (Wildman–Crippen LogP) is 3.05. The number of nitrogens with one attached hydrogen (secondary N) is 1. The zero-order valence-electron chi connectivity index (χ0n) is 12.8. The zero-order chi connectivity index (χ0) is 13.8. The average Bonchev–Trinajstić information content (AvgIpc) is 3.30. The Balaban J connectivity index is 1.52. The summed E-state index contributed by atoms with van der Waals surface area (Å²) in [6.07, 6.45) is 13.1. The van der Waals surface area contributed by atoms with Crippen LogP contribution in [0.3, 0.4) is 0 Å². The molecule has 0 aromatic carbocycles. The molecular formula is C17H28N2O. The Labute approximate surface area is 122 Å². The summed E-state index contributed by atoms with van der Waals surface area (Å²) in [5, 5.41) is 3.75. The van der Waals surface area contributed by atoms with Crippen LogP contribution in [0.1, 0.15) is 71.1 Å². The van der Waals surface area contributed by atoms with Crippen molar-refractivity contribution in [3.63, 3.8) is 0 Å². The molecule has 4 fully saturated rings. The summed E-state index contributed by atoms with van der Waals surface area (Å²) in [5.41, 5.74) is 0.374. The van der Waals surface area contributed by atoms with Crippen molar-refractivity contribution < 1.29 is 4.79 Å². The smallest absolute Gasteiger partial charge is 0.244 e. The Hall–Kier alpha value is -0.570. The monoisotopic (exact) mass is 276 g/mol. The highest BCUT2D eigenvalue weighted by Gasteiger charge is 2.61. The maximum absolute atomic E-state index is 12.8. The molecule has 1 spiro atoms. The Bertz CT molecular complexity index is 405. The second-order valence-electron chi connectivity index (χ2n) is 7.90. The molecule has 0 radical (unpaired) electrons. The number of nitrogens with zero attached hydrogens (tertiary/aromatic N) is 1. The van der Waals surface area contributed by atoms with Gasteiger partial charge in [0.15, 0.2) is 0 Å². The van der Waals surface area contributed by atoms with Crippen molar-refractivity contribution in [3.05, 3.63) is 0 Å². The second kappa shape index (κ2) is 4.46. The quantitative estimate of drug-likeness (QED) is 0.837. The van der Waals surface area contributed by atoms with Gasteiger partial charge in [-0.3, -0.25) is 10.1 Å². The number of carbonyl (C=O) groups excluding carboxylic acids is 1. The van der Waals surface area contributed by atoms with E-state index in [1.165, 1.54) is 51.4 Å². The standard InChI is InChI=1S/C17H28N2O/c1-2-7-16(8-9-16)12-19-14(13-5-3-4-6-13)18-17(10-11-17)15(19)20/h13-14,18H,2-12H2,1H3. The van der Waals surface area contributed by atoms with Crippen LogP contribution in [-0.2, 0) is 4.79 Å². The number of amides is 1. The molecule has 112 valence electrons. The fraction of sp³-hybridized carbons (Fsp3) is 0.941. The van der Waals surface area contributed by atoms with Gasteiger partial charge in [0.05, 0.1) is 11.7 Å². The minimum atomic E-state index is -0.116. The lowest BCUT2D eigenvalue weighted by Gasteiger charge is -2.32. The van der Waals surface area contributed by atoms with E-state index in [0.717, 1.165) is 25.3 Å². The largest absolute Gasteiger partial charge is 0.325 e. The fourth-order valence-electron chi connectivity index (χ4n) is 4.68. The van der Waals surface area contributed by atoms with Gasteiger partial charge in [-0.15, -0.1) is 0 Å². The highest BCUT2D eigenvalue weighted by Crippen LogP contribution is 2.53. The molecule has 3 aliphatic carbocycles. The molecule has 3 saturated carbocycles. The molecule has 0 aromatic heterocycles. The summed E-state index contributed by atoms with van der Waals surface area (Å²) in [7, 11) is 0. The van der Waals surface area contributed by atoms with Gasteiger partial charge >= 0.3 is 0 Å². The molecule has 0 aromatic rings. The summed E-state index contributed by atoms with van der Waals surface area (Å²) in [6, 6.07) is 0. The van der Waals surface area contributed by atoms with E-state index in [0.29, 0.717) is 17.5 Å². The van der Waals surface area contributed by atoms with E-state index >= 15 is 0 Å². The van der Waals surface area contributed by atoms with Crippen molar-refractivity contribution in [1.82, 2.24) is 10.2 Å². The van der Waals surface area contributed by atoms with Crippen molar-refractivity contribution >= 4 is 5.91 Å². The molecule has 4 rings (SSSR count). The van der Waals surface area contributed by atoms with Gasteiger partial charge in [0.25, 0.3) is 0 Å². The summed E-state index contributed by atoms with van der Waals surface area (Å²) < 4.78 is 0. The van der Waals surface area contributed by atoms with E-state index in [4.69, 9.17) is 0 Å². The number of hydrogen-bond donors (Lipinski definition) is 1. The summed E-state index contributed by atoms with van der Waals surface area (Å²) in [5.74, 6) is 1.16. The summed E-state index contributed by atoms with van der Waals surface area (Å²) in [6.45, 7) is 3.32. The maximum atomic E-state index is 12.8. The van der Waals surface area contributed by atoms with Crippen molar-refractivity contribution in [2.45, 2.75) is 82.8 Å². The van der Waals surface area contributed by atoms with Crippen LogP contribution in [0.2, 0.25) is 0 Å². The van der Waals surface area contributed by atoms with Crippen LogP contribution in [0.25, 0.3) is 0 Å². The summed E-state index contributed by atoms with van der Waals surface area (Å²) in [4.78, 5) is 15.1. The van der Waals surface area contributed by atoms with Crippen LogP contribution in [0.5, 0.6) is 0 Å². The first-order valence-corrected chi connectivity index (χ1v) is 8.77. The zero-order valence-corrected chi connectivity index (χ0v) is 12.8. The molecule has 1 atom stereocenters. The summed E-state index contributed by atoms with van der Waals surface area (Å²) >= 11 is 0. The Morgan fingerprint density at radius 3 is 2.45 bits per heavy atom. The Morgan fingerprint density at radius 1 is 1.20 bits per heavy atom. The molecule has 1 heterocycles. The lowest BCUT2D eigenvalue weighted by molar-refractivity contribution is -0.132. The number of carbonyl (C=O) groups is 1. The van der Waals surface area contributed by atoms with Gasteiger partial charge in [0.1, 0.15) is 0 Å². The lowest BCUT2D eigenvalue weighted by Crippen LogP contribution is -2.45. The molecule has 1 aliphatic heterocycles. The lowest BCUT2D eigenvalue weighted by atomic mass is 9.98. The molecule has 20 heavy (non-hydrogen) atoms. The molecule has 0 bridgehead atoms. The van der Waals surface area contributed by atoms with Gasteiger partial charge in [-0.25, -0.2) is 0 Å². The topological polar surface area (TPSA) is 32.3 Å². The van der Waals surface area contributed by atoms with E-state index in [9.17, 15) is 4.79 Å². The first-order chi connectivity index (χ1) is 9.68. The van der Waals surface area contributed by atoms with Gasteiger partial charge < -0.3 is 4.90 Å². The Morgan fingerprint density at radius 2 is 1.90 bits per heavy atom. The third-order valence-corrected chi connectivity index (χ3v) is 6.27. The van der Waals surface area contributed by atoms with Crippen molar-refractivity contribution in [2.24, 2.45) is 11.3 Å². The number of rotatable bonds is 5. The van der Waals surface area contributed by atoms with Gasteiger partial charge in [-0.1, -0.05) is 26.2 Å². The SMILES string of the molecule is CCCC1(CN2C(=O)C3(CC3)NC2C2CCCC2)CC1. The van der Waals surface area contributed by atoms with Crippen molar-refractivity contribution in [3.8, 4) is 0 Å². The van der Waals surface area contributed by atoms with Crippen LogP contribution in [-0.4, -0.2) is 29.1 Å². The molecule has 1 unspecified atom stereocenters. The van der Waals surface area contributed by atoms with E-state index in [1.807, 2.05) is 0 Å². The second-order valence-corrected chi connectivity index (χ2v) is 7.90. The molecule has 1 amide bonds. The molecule has 1 saturated heterocycles. The van der Waals surface area contributed by atoms with Crippen molar-refractivity contribution in [1.29, 1.82) is 0 Å². The highest BCUT2D eigenvalue weighted by atomic mass is 16.2. The van der Waals surface area contributed by atoms with E-state index in [-0.39, 0.29) is 5.54 Å². The van der Waals surface area contributed by atoms with E-state index in [2.05, 4.69) is 17.1 Å². The maximum Gasteiger partial charge on any atom is 0.244 e. The molecule has 3 heteroatoms. The van der Waals surface area contributed by atoms with E-state index in [1.54, 1.807) is 0 Å². The fourth-order valence-corrected chi connectivity index (χ4v) is 4.68. The third-order valence-electron chi connectivity index (χ3n) is 6.27. The third kappa shape index (κ3) is 2.01. The first-order valence-electron chi connectivity index (χ1n) is 8.77. The number of hydrogen-bond acceptors (Lipinski definition) is 2. The van der Waals surface area contributed by atoms with Crippen LogP contribution in [0.15, 0.2) is 0 Å². The molecule has 4 aliphatic rings. The van der Waals surface area contributed by atoms with E-state index < -0.39 is 0 Å². The van der Waals surface area contributed by atoms with Crippen LogP contribution >= 0.6 is 0 Å². The Kier molecular flexibility index (Phi) is 2.93. The van der Waals surface area contributed by atoms with Gasteiger partial charge in [-0.05, 0) is 56.3 Å². The minimum absolute atomic E-state index is 0.116. The van der Waals surface area contributed by atoms with Crippen LogP contribution in [0.4, 0.5) is 0 Å². The average molecular weight is 276 g/mol. The molecular weight excluding hydrogens is 248 g/mol. The van der Waals surface area contributed by atoms with Gasteiger partial charge in [-0.2, -0.15) is 0 Å². The minimum Gasteiger partial charge on any atom is -0.325 e. The van der Waals surface area contributed by atoms with Gasteiger partial charge in [0.2, 0.25) is 5.91 Å². The molecule has 1 N–H and O–H groups in total.